The number of rotatable bonds is 5. The molecule has 0 unspecified atom stereocenters. The van der Waals surface area contributed by atoms with Crippen molar-refractivity contribution in [1.29, 1.82) is 0 Å². The van der Waals surface area contributed by atoms with E-state index in [1.165, 1.54) is 31.2 Å². The maximum absolute atomic E-state index is 12.1. The quantitative estimate of drug-likeness (QED) is 0.814. The third-order valence-corrected chi connectivity index (χ3v) is 4.33. The number of para-hydroxylation sites is 1. The molecule has 1 aromatic carbocycles. The van der Waals surface area contributed by atoms with Crippen LogP contribution in [0.25, 0.3) is 0 Å². The smallest absolute Gasteiger partial charge is 0.224 e. The zero-order chi connectivity index (χ0) is 13.7. The fourth-order valence-electron chi connectivity index (χ4n) is 2.94. The summed E-state index contributed by atoms with van der Waals surface area (Å²) in [5.74, 6) is 1.28. The first kappa shape index (κ1) is 14.1. The van der Waals surface area contributed by atoms with Crippen LogP contribution in [-0.4, -0.2) is 5.91 Å². The first-order chi connectivity index (χ1) is 9.20. The topological polar surface area (TPSA) is 29.1 Å². The van der Waals surface area contributed by atoms with E-state index in [4.69, 9.17) is 0 Å². The van der Waals surface area contributed by atoms with Gasteiger partial charge >= 0.3 is 0 Å². The average Bonchev–Trinajstić information content (AvgIpc) is 2.91. The molecule has 0 radical (unpaired) electrons. The molecule has 1 aliphatic carbocycles. The van der Waals surface area contributed by atoms with Crippen LogP contribution in [-0.2, 0) is 4.79 Å². The molecular weight excluding hydrogens is 234 g/mol. The van der Waals surface area contributed by atoms with Crippen molar-refractivity contribution in [2.24, 2.45) is 5.92 Å². The highest BCUT2D eigenvalue weighted by molar-refractivity contribution is 5.91. The van der Waals surface area contributed by atoms with Crippen LogP contribution in [0.4, 0.5) is 5.69 Å². The highest BCUT2D eigenvalue weighted by Gasteiger charge is 2.19. The lowest BCUT2D eigenvalue weighted by Crippen LogP contribution is -2.16. The van der Waals surface area contributed by atoms with E-state index < -0.39 is 0 Å². The van der Waals surface area contributed by atoms with Gasteiger partial charge in [-0.1, -0.05) is 44.9 Å². The third-order valence-electron chi connectivity index (χ3n) is 4.33. The van der Waals surface area contributed by atoms with Crippen molar-refractivity contribution in [3.63, 3.8) is 0 Å². The molecule has 1 fully saturated rings. The number of amides is 1. The van der Waals surface area contributed by atoms with Crippen LogP contribution in [0.2, 0.25) is 0 Å². The maximum atomic E-state index is 12.1. The number of carbonyl (C=O) groups excluding carboxylic acids is 1. The zero-order valence-electron chi connectivity index (χ0n) is 12.1. The van der Waals surface area contributed by atoms with Gasteiger partial charge < -0.3 is 5.32 Å². The van der Waals surface area contributed by atoms with Gasteiger partial charge in [-0.25, -0.2) is 0 Å². The van der Waals surface area contributed by atoms with E-state index in [9.17, 15) is 4.79 Å². The summed E-state index contributed by atoms with van der Waals surface area (Å²) in [6.45, 7) is 4.39. The molecule has 1 saturated carbocycles. The fourth-order valence-corrected chi connectivity index (χ4v) is 2.94. The van der Waals surface area contributed by atoms with Crippen molar-refractivity contribution in [1.82, 2.24) is 0 Å². The molecule has 19 heavy (non-hydrogen) atoms. The molecule has 0 spiro atoms. The number of hydrogen-bond acceptors (Lipinski definition) is 1. The van der Waals surface area contributed by atoms with Gasteiger partial charge in [0.1, 0.15) is 0 Å². The fraction of sp³-hybridized carbons (Fsp3) is 0.588. The third kappa shape index (κ3) is 3.82. The van der Waals surface area contributed by atoms with E-state index in [-0.39, 0.29) is 5.91 Å². The second-order valence-electron chi connectivity index (χ2n) is 5.80. The Bertz CT molecular complexity index is 421. The van der Waals surface area contributed by atoms with Gasteiger partial charge in [-0.2, -0.15) is 0 Å². The van der Waals surface area contributed by atoms with Crippen molar-refractivity contribution in [3.8, 4) is 0 Å². The summed E-state index contributed by atoms with van der Waals surface area (Å²) in [4.78, 5) is 12.1. The largest absolute Gasteiger partial charge is 0.326 e. The second-order valence-corrected chi connectivity index (χ2v) is 5.80. The highest BCUT2D eigenvalue weighted by atomic mass is 16.1. The second kappa shape index (κ2) is 6.74. The summed E-state index contributed by atoms with van der Waals surface area (Å²) < 4.78 is 0. The van der Waals surface area contributed by atoms with Crippen LogP contribution in [0.15, 0.2) is 24.3 Å². The van der Waals surface area contributed by atoms with Crippen molar-refractivity contribution in [3.05, 3.63) is 29.8 Å². The minimum Gasteiger partial charge on any atom is -0.326 e. The Balaban J connectivity index is 1.99. The molecule has 2 rings (SSSR count). The Kier molecular flexibility index (Phi) is 5.00. The van der Waals surface area contributed by atoms with E-state index in [1.54, 1.807) is 0 Å². The lowest BCUT2D eigenvalue weighted by atomic mass is 9.96. The Morgan fingerprint density at radius 3 is 2.68 bits per heavy atom. The lowest BCUT2D eigenvalue weighted by Gasteiger charge is -2.16. The number of benzene rings is 1. The summed E-state index contributed by atoms with van der Waals surface area (Å²) in [5, 5.41) is 3.11. The van der Waals surface area contributed by atoms with Gasteiger partial charge in [0.25, 0.3) is 0 Å². The summed E-state index contributed by atoms with van der Waals surface area (Å²) in [7, 11) is 0. The van der Waals surface area contributed by atoms with Crippen LogP contribution in [0.1, 0.15) is 63.9 Å². The summed E-state index contributed by atoms with van der Waals surface area (Å²) in [6, 6.07) is 8.19. The van der Waals surface area contributed by atoms with Gasteiger partial charge in [-0.05, 0) is 42.7 Å². The number of anilines is 1. The Morgan fingerprint density at radius 2 is 2.00 bits per heavy atom. The van der Waals surface area contributed by atoms with E-state index in [1.807, 2.05) is 18.2 Å². The lowest BCUT2D eigenvalue weighted by molar-refractivity contribution is -0.117. The van der Waals surface area contributed by atoms with Crippen LogP contribution in [0.3, 0.4) is 0 Å². The van der Waals surface area contributed by atoms with E-state index in [2.05, 4.69) is 25.2 Å². The maximum Gasteiger partial charge on any atom is 0.224 e. The molecule has 0 bridgehead atoms. The van der Waals surface area contributed by atoms with Gasteiger partial charge in [-0.3, -0.25) is 4.79 Å². The highest BCUT2D eigenvalue weighted by Crippen LogP contribution is 2.29. The van der Waals surface area contributed by atoms with E-state index in [0.717, 1.165) is 12.1 Å². The molecule has 104 valence electrons. The minimum absolute atomic E-state index is 0.183. The van der Waals surface area contributed by atoms with Gasteiger partial charge in [0.15, 0.2) is 0 Å². The average molecular weight is 259 g/mol. The van der Waals surface area contributed by atoms with Gasteiger partial charge in [0.05, 0.1) is 0 Å². The summed E-state index contributed by atoms with van der Waals surface area (Å²) >= 11 is 0. The SMILES string of the molecule is CC[C@@H](C)c1ccccc1NC(=O)CC1CCCC1. The summed E-state index contributed by atoms with van der Waals surface area (Å²) in [6.07, 6.45) is 6.81. The van der Waals surface area contributed by atoms with Crippen molar-refractivity contribution < 1.29 is 4.79 Å². The summed E-state index contributed by atoms with van der Waals surface area (Å²) in [5.41, 5.74) is 2.25. The van der Waals surface area contributed by atoms with Gasteiger partial charge in [0.2, 0.25) is 5.91 Å². The standard InChI is InChI=1S/C17H25NO/c1-3-13(2)15-10-6-7-11-16(15)18-17(19)12-14-8-4-5-9-14/h6-7,10-11,13-14H,3-5,8-9,12H2,1-2H3,(H,18,19)/t13-/m1/s1. The zero-order valence-corrected chi connectivity index (χ0v) is 12.1. The van der Waals surface area contributed by atoms with Crippen LogP contribution in [0.5, 0.6) is 0 Å². The van der Waals surface area contributed by atoms with E-state index in [0.29, 0.717) is 18.3 Å². The molecule has 0 aliphatic heterocycles. The van der Waals surface area contributed by atoms with Crippen molar-refractivity contribution in [2.45, 2.75) is 58.3 Å². The minimum atomic E-state index is 0.183. The molecule has 0 heterocycles. The van der Waals surface area contributed by atoms with Crippen molar-refractivity contribution in [2.75, 3.05) is 5.32 Å². The van der Waals surface area contributed by atoms with Crippen LogP contribution >= 0.6 is 0 Å². The Hall–Kier alpha value is -1.31. The Labute approximate surface area is 116 Å². The first-order valence-electron chi connectivity index (χ1n) is 7.59. The molecule has 0 aromatic heterocycles. The molecule has 1 atom stereocenters. The molecule has 1 aliphatic rings. The number of carbonyl (C=O) groups is 1. The predicted molar refractivity (Wildman–Crippen MR) is 80.4 cm³/mol. The first-order valence-corrected chi connectivity index (χ1v) is 7.59. The normalized spacial score (nSPS) is 17.4. The molecule has 2 nitrogen and oxygen atoms in total. The molecule has 0 saturated heterocycles. The molecule has 1 N–H and O–H groups in total. The monoisotopic (exact) mass is 259 g/mol. The van der Waals surface area contributed by atoms with Crippen LogP contribution in [0, 0.1) is 5.92 Å². The number of hydrogen-bond donors (Lipinski definition) is 1. The van der Waals surface area contributed by atoms with Crippen molar-refractivity contribution >= 4 is 11.6 Å². The number of nitrogens with one attached hydrogen (secondary N) is 1. The van der Waals surface area contributed by atoms with E-state index >= 15 is 0 Å². The molecule has 1 amide bonds. The molecule has 2 heteroatoms. The predicted octanol–water partition coefficient (Wildman–Crippen LogP) is 4.72. The Morgan fingerprint density at radius 1 is 1.32 bits per heavy atom. The molecule has 1 aromatic rings. The van der Waals surface area contributed by atoms with Gasteiger partial charge in [-0.15, -0.1) is 0 Å². The van der Waals surface area contributed by atoms with Crippen LogP contribution < -0.4 is 5.32 Å². The van der Waals surface area contributed by atoms with Gasteiger partial charge in [0, 0.05) is 12.1 Å². The molecular formula is C17H25NO.